The highest BCUT2D eigenvalue weighted by Crippen LogP contribution is 1.70. The fourth-order valence-corrected chi connectivity index (χ4v) is 0.266. The molecule has 0 aromatic carbocycles. The maximum atomic E-state index is 9.55. The number of hydrogen-bond acceptors (Lipinski definition) is 4. The molecule has 0 aromatic heterocycles. The monoisotopic (exact) mass is 206 g/mol. The predicted molar refractivity (Wildman–Crippen MR) is 43.9 cm³/mol. The van der Waals surface area contributed by atoms with Crippen LogP contribution < -0.4 is 0 Å². The van der Waals surface area contributed by atoms with Gasteiger partial charge >= 0.3 is 17.9 Å². The Bertz CT molecular complexity index is 214. The number of rotatable bonds is 4. The molecule has 14 heavy (non-hydrogen) atoms. The first-order chi connectivity index (χ1) is 6.40. The van der Waals surface area contributed by atoms with Crippen molar-refractivity contribution in [2.75, 3.05) is 13.7 Å². The van der Waals surface area contributed by atoms with Gasteiger partial charge in [0.15, 0.2) is 0 Å². The van der Waals surface area contributed by atoms with Crippen molar-refractivity contribution in [3.8, 4) is 0 Å². The highest BCUT2D eigenvalue weighted by molar-refractivity contribution is 5.89. The number of methoxy groups -OCH3 is 1. The Morgan fingerprint density at radius 3 is 1.50 bits per heavy atom. The van der Waals surface area contributed by atoms with Crippen molar-refractivity contribution in [2.45, 2.75) is 0 Å². The lowest BCUT2D eigenvalue weighted by molar-refractivity contribution is -0.141. The van der Waals surface area contributed by atoms with Gasteiger partial charge in [-0.25, -0.2) is 14.4 Å². The number of hydrogen-bond donors (Lipinski definition) is 3. The summed E-state index contributed by atoms with van der Waals surface area (Å²) in [7, 11) is 1.34. The van der Waals surface area contributed by atoms with E-state index < -0.39 is 17.9 Å². The van der Waals surface area contributed by atoms with Gasteiger partial charge in [0.25, 0.3) is 0 Å². The molecule has 0 unspecified atom stereocenters. The minimum atomic E-state index is -1.26. The SMILES string of the molecule is COCC(=O)O.O=C(O)/C=C\C(=O)O. The van der Waals surface area contributed by atoms with Gasteiger partial charge in [-0.3, -0.25) is 0 Å². The van der Waals surface area contributed by atoms with Gasteiger partial charge in [0.2, 0.25) is 0 Å². The Balaban J connectivity index is 0. The molecule has 0 saturated heterocycles. The van der Waals surface area contributed by atoms with Crippen LogP contribution in [0.5, 0.6) is 0 Å². The van der Waals surface area contributed by atoms with E-state index in [4.69, 9.17) is 15.3 Å². The molecule has 80 valence electrons. The van der Waals surface area contributed by atoms with Gasteiger partial charge in [0.05, 0.1) is 0 Å². The number of carboxylic acids is 3. The van der Waals surface area contributed by atoms with Gasteiger partial charge in [-0.15, -0.1) is 0 Å². The van der Waals surface area contributed by atoms with Crippen molar-refractivity contribution >= 4 is 17.9 Å². The van der Waals surface area contributed by atoms with E-state index in [-0.39, 0.29) is 6.61 Å². The van der Waals surface area contributed by atoms with Crippen LogP contribution in [0.4, 0.5) is 0 Å². The Morgan fingerprint density at radius 1 is 1.07 bits per heavy atom. The lowest BCUT2D eigenvalue weighted by atomic mass is 10.5. The quantitative estimate of drug-likeness (QED) is 0.526. The second kappa shape index (κ2) is 9.20. The average molecular weight is 206 g/mol. The number of carboxylic acid groups (broad SMARTS) is 3. The fourth-order valence-electron chi connectivity index (χ4n) is 0.266. The molecule has 0 atom stereocenters. The minimum absolute atomic E-state index is 0.208. The van der Waals surface area contributed by atoms with Crippen LogP contribution in [0.15, 0.2) is 12.2 Å². The summed E-state index contributed by atoms with van der Waals surface area (Å²) in [6, 6.07) is 0. The zero-order chi connectivity index (χ0) is 11.6. The van der Waals surface area contributed by atoms with Crippen molar-refractivity contribution in [3.63, 3.8) is 0 Å². The number of carbonyl (C=O) groups is 3. The van der Waals surface area contributed by atoms with Gasteiger partial charge in [0, 0.05) is 19.3 Å². The molecular weight excluding hydrogens is 196 g/mol. The molecular formula is C7H10O7. The molecule has 0 aliphatic carbocycles. The Labute approximate surface area is 79.2 Å². The van der Waals surface area contributed by atoms with Crippen LogP contribution in [0.1, 0.15) is 0 Å². The molecule has 0 saturated carbocycles. The van der Waals surface area contributed by atoms with Gasteiger partial charge in [0.1, 0.15) is 6.61 Å². The third-order valence-corrected chi connectivity index (χ3v) is 0.636. The van der Waals surface area contributed by atoms with Crippen LogP contribution in [-0.2, 0) is 19.1 Å². The molecule has 3 N–H and O–H groups in total. The summed E-state index contributed by atoms with van der Waals surface area (Å²) >= 11 is 0. The molecule has 7 nitrogen and oxygen atoms in total. The third kappa shape index (κ3) is 22.5. The first kappa shape index (κ1) is 14.6. The largest absolute Gasteiger partial charge is 0.480 e. The molecule has 7 heteroatoms. The second-order valence-corrected chi connectivity index (χ2v) is 1.84. The minimum Gasteiger partial charge on any atom is -0.480 e. The van der Waals surface area contributed by atoms with Crippen LogP contribution in [0, 0.1) is 0 Å². The van der Waals surface area contributed by atoms with Crippen LogP contribution in [0.2, 0.25) is 0 Å². The van der Waals surface area contributed by atoms with Gasteiger partial charge in [-0.1, -0.05) is 0 Å². The van der Waals surface area contributed by atoms with E-state index in [0.717, 1.165) is 0 Å². The Hall–Kier alpha value is -1.89. The first-order valence-corrected chi connectivity index (χ1v) is 3.24. The summed E-state index contributed by atoms with van der Waals surface area (Å²) < 4.78 is 4.20. The smallest absolute Gasteiger partial charge is 0.329 e. The lowest BCUT2D eigenvalue weighted by Crippen LogP contribution is -2.02. The molecule has 0 fully saturated rings. The van der Waals surface area contributed by atoms with Crippen molar-refractivity contribution < 1.29 is 34.4 Å². The van der Waals surface area contributed by atoms with Crippen molar-refractivity contribution in [3.05, 3.63) is 12.2 Å². The summed E-state index contributed by atoms with van der Waals surface area (Å²) in [5.74, 6) is -3.45. The van der Waals surface area contributed by atoms with E-state index in [9.17, 15) is 14.4 Å². The van der Waals surface area contributed by atoms with E-state index in [1.165, 1.54) is 7.11 Å². The Morgan fingerprint density at radius 2 is 1.43 bits per heavy atom. The summed E-state index contributed by atoms with van der Waals surface area (Å²) in [6.45, 7) is -0.208. The molecule has 0 bridgehead atoms. The maximum absolute atomic E-state index is 9.55. The lowest BCUT2D eigenvalue weighted by Gasteiger charge is -1.83. The predicted octanol–water partition coefficient (Wildman–Crippen LogP) is -0.571. The highest BCUT2D eigenvalue weighted by atomic mass is 16.5. The van der Waals surface area contributed by atoms with Gasteiger partial charge in [-0.05, 0) is 0 Å². The fraction of sp³-hybridized carbons (Fsp3) is 0.286. The van der Waals surface area contributed by atoms with Gasteiger partial charge in [-0.2, -0.15) is 0 Å². The summed E-state index contributed by atoms with van der Waals surface area (Å²) in [4.78, 5) is 28.6. The van der Waals surface area contributed by atoms with E-state index in [1.807, 2.05) is 0 Å². The molecule has 0 heterocycles. The van der Waals surface area contributed by atoms with Crippen LogP contribution in [0.3, 0.4) is 0 Å². The first-order valence-electron chi connectivity index (χ1n) is 3.24. The topological polar surface area (TPSA) is 121 Å². The summed E-state index contributed by atoms with van der Waals surface area (Å²) in [5, 5.41) is 23.4. The zero-order valence-electron chi connectivity index (χ0n) is 7.34. The maximum Gasteiger partial charge on any atom is 0.329 e. The summed E-state index contributed by atoms with van der Waals surface area (Å²) in [5.41, 5.74) is 0. The second-order valence-electron chi connectivity index (χ2n) is 1.84. The normalized spacial score (nSPS) is 8.93. The number of aliphatic carboxylic acids is 3. The van der Waals surface area contributed by atoms with Crippen LogP contribution >= 0.6 is 0 Å². The molecule has 0 aliphatic rings. The molecule has 0 aliphatic heterocycles. The van der Waals surface area contributed by atoms with Gasteiger partial charge < -0.3 is 20.1 Å². The standard InChI is InChI=1S/C4H4O4.C3H6O3/c5-3(6)1-2-4(7)8;1-6-2-3(4)5/h1-2H,(H,5,6)(H,7,8);2H2,1H3,(H,4,5)/b2-1-;. The van der Waals surface area contributed by atoms with E-state index in [1.54, 1.807) is 0 Å². The molecule has 0 amide bonds. The van der Waals surface area contributed by atoms with Crippen LogP contribution in [0.25, 0.3) is 0 Å². The van der Waals surface area contributed by atoms with Crippen molar-refractivity contribution in [2.24, 2.45) is 0 Å². The molecule has 0 radical (unpaired) electrons. The number of ether oxygens (including phenoxy) is 1. The summed E-state index contributed by atoms with van der Waals surface area (Å²) in [6.07, 6.45) is 1.12. The van der Waals surface area contributed by atoms with E-state index in [2.05, 4.69) is 4.74 Å². The molecule has 0 rings (SSSR count). The molecule has 0 spiro atoms. The van der Waals surface area contributed by atoms with Crippen LogP contribution in [-0.4, -0.2) is 46.9 Å². The van der Waals surface area contributed by atoms with Crippen molar-refractivity contribution in [1.29, 1.82) is 0 Å². The van der Waals surface area contributed by atoms with E-state index in [0.29, 0.717) is 12.2 Å². The third-order valence-electron chi connectivity index (χ3n) is 0.636. The van der Waals surface area contributed by atoms with E-state index >= 15 is 0 Å². The molecule has 0 aromatic rings. The highest BCUT2D eigenvalue weighted by Gasteiger charge is 1.88. The Kier molecular flexibility index (Phi) is 9.61. The van der Waals surface area contributed by atoms with Crippen molar-refractivity contribution in [1.82, 2.24) is 0 Å². The average Bonchev–Trinajstić information content (AvgIpc) is 2.01. The zero-order valence-corrected chi connectivity index (χ0v) is 7.34.